The van der Waals surface area contributed by atoms with Crippen molar-refractivity contribution >= 4 is 23.6 Å². The highest BCUT2D eigenvalue weighted by Crippen LogP contribution is 2.39. The minimum Gasteiger partial charge on any atom is -0.477 e. The number of rotatable bonds is 1. The molecule has 0 aliphatic carbocycles. The SMILES string of the molecule is N#CC1=C(C(=O)O)N2C(=O)C[C@H]2SC1. The highest BCUT2D eigenvalue weighted by molar-refractivity contribution is 8.00. The summed E-state index contributed by atoms with van der Waals surface area (Å²) in [6, 6.07) is 1.82. The maximum atomic E-state index is 11.1. The van der Waals surface area contributed by atoms with Crippen LogP contribution in [0.3, 0.4) is 0 Å². The Morgan fingerprint density at radius 3 is 2.93 bits per heavy atom. The van der Waals surface area contributed by atoms with E-state index >= 15 is 0 Å². The zero-order chi connectivity index (χ0) is 10.3. The van der Waals surface area contributed by atoms with Crippen molar-refractivity contribution in [2.75, 3.05) is 5.75 Å². The van der Waals surface area contributed by atoms with Crippen LogP contribution in [0, 0.1) is 11.3 Å². The molecular weight excluding hydrogens is 204 g/mol. The Balaban J connectivity index is 2.44. The number of hydrogen-bond acceptors (Lipinski definition) is 4. The normalized spacial score (nSPS) is 25.2. The minimum absolute atomic E-state index is 0.0781. The van der Waals surface area contributed by atoms with Crippen molar-refractivity contribution in [3.8, 4) is 6.07 Å². The third-order valence-electron chi connectivity index (χ3n) is 2.19. The first kappa shape index (κ1) is 9.09. The number of hydrogen-bond donors (Lipinski definition) is 1. The van der Waals surface area contributed by atoms with E-state index in [1.54, 1.807) is 0 Å². The van der Waals surface area contributed by atoms with E-state index in [1.807, 2.05) is 6.07 Å². The van der Waals surface area contributed by atoms with Crippen LogP contribution >= 0.6 is 11.8 Å². The van der Waals surface area contributed by atoms with Crippen LogP contribution in [-0.2, 0) is 9.59 Å². The van der Waals surface area contributed by atoms with Gasteiger partial charge in [-0.05, 0) is 0 Å². The van der Waals surface area contributed by atoms with Crippen LogP contribution in [0.15, 0.2) is 11.3 Å². The summed E-state index contributed by atoms with van der Waals surface area (Å²) < 4.78 is 0. The van der Waals surface area contributed by atoms with Gasteiger partial charge in [0.25, 0.3) is 0 Å². The van der Waals surface area contributed by atoms with Crippen molar-refractivity contribution in [2.24, 2.45) is 0 Å². The van der Waals surface area contributed by atoms with Crippen molar-refractivity contribution in [3.05, 3.63) is 11.3 Å². The van der Waals surface area contributed by atoms with Crippen molar-refractivity contribution < 1.29 is 14.7 Å². The number of carbonyl (C=O) groups is 2. The van der Waals surface area contributed by atoms with Crippen LogP contribution < -0.4 is 0 Å². The van der Waals surface area contributed by atoms with Gasteiger partial charge in [0.2, 0.25) is 5.91 Å². The van der Waals surface area contributed by atoms with Gasteiger partial charge in [-0.25, -0.2) is 4.79 Å². The molecule has 1 atom stereocenters. The number of thioether (sulfide) groups is 1. The lowest BCUT2D eigenvalue weighted by Crippen LogP contribution is -2.53. The van der Waals surface area contributed by atoms with Gasteiger partial charge in [-0.3, -0.25) is 9.69 Å². The molecule has 6 heteroatoms. The number of carbonyl (C=O) groups excluding carboxylic acids is 1. The molecule has 0 aromatic carbocycles. The highest BCUT2D eigenvalue weighted by Gasteiger charge is 2.45. The molecular formula is C8H6N2O3S. The standard InChI is InChI=1S/C8H6N2O3S/c9-2-4-3-14-6-1-5(11)10(6)7(4)8(12)13/h6H,1,3H2,(H,12,13)/t6-/m1/s1. The molecule has 2 aliphatic rings. The molecule has 14 heavy (non-hydrogen) atoms. The summed E-state index contributed by atoms with van der Waals surface area (Å²) in [5.41, 5.74) is 0.0410. The number of carboxylic acids is 1. The van der Waals surface area contributed by atoms with Crippen molar-refractivity contribution in [1.29, 1.82) is 5.26 Å². The Hall–Kier alpha value is -1.48. The van der Waals surface area contributed by atoms with Gasteiger partial charge < -0.3 is 5.11 Å². The van der Waals surface area contributed by atoms with E-state index in [1.165, 1.54) is 16.7 Å². The van der Waals surface area contributed by atoms with Crippen LogP contribution in [-0.4, -0.2) is 33.0 Å². The number of β-lactam (4-membered cyclic amide) rings is 1. The van der Waals surface area contributed by atoms with Crippen LogP contribution in [0.2, 0.25) is 0 Å². The predicted molar refractivity (Wildman–Crippen MR) is 48.0 cm³/mol. The molecule has 1 N–H and O–H groups in total. The molecule has 2 aliphatic heterocycles. The van der Waals surface area contributed by atoms with Crippen molar-refractivity contribution in [2.45, 2.75) is 11.8 Å². The van der Waals surface area contributed by atoms with Gasteiger partial charge in [0, 0.05) is 5.75 Å². The minimum atomic E-state index is -1.19. The van der Waals surface area contributed by atoms with Gasteiger partial charge in [0.1, 0.15) is 5.70 Å². The predicted octanol–water partition coefficient (Wildman–Crippen LogP) is 0.154. The van der Waals surface area contributed by atoms with Gasteiger partial charge in [0.15, 0.2) is 0 Å². The largest absolute Gasteiger partial charge is 0.477 e. The molecule has 1 saturated heterocycles. The third-order valence-corrected chi connectivity index (χ3v) is 3.41. The van der Waals surface area contributed by atoms with Crippen LogP contribution in [0.4, 0.5) is 0 Å². The van der Waals surface area contributed by atoms with E-state index in [-0.39, 0.29) is 22.6 Å². The molecule has 0 aromatic heterocycles. The Labute approximate surface area is 84.0 Å². The molecule has 0 spiro atoms. The Morgan fingerprint density at radius 2 is 2.43 bits per heavy atom. The summed E-state index contributed by atoms with van der Waals surface area (Å²) in [5.74, 6) is -1.03. The molecule has 0 radical (unpaired) electrons. The smallest absolute Gasteiger partial charge is 0.353 e. The molecule has 5 nitrogen and oxygen atoms in total. The second-order valence-electron chi connectivity index (χ2n) is 2.98. The highest BCUT2D eigenvalue weighted by atomic mass is 32.2. The maximum Gasteiger partial charge on any atom is 0.353 e. The van der Waals surface area contributed by atoms with E-state index in [0.29, 0.717) is 12.2 Å². The van der Waals surface area contributed by atoms with Crippen LogP contribution in [0.5, 0.6) is 0 Å². The van der Waals surface area contributed by atoms with Crippen molar-refractivity contribution in [3.63, 3.8) is 0 Å². The molecule has 1 amide bonds. The number of nitriles is 1. The average Bonchev–Trinajstić information content (AvgIpc) is 2.15. The lowest BCUT2D eigenvalue weighted by atomic mass is 10.1. The lowest BCUT2D eigenvalue weighted by molar-refractivity contribution is -0.146. The number of amides is 1. The van der Waals surface area contributed by atoms with E-state index in [9.17, 15) is 9.59 Å². The Kier molecular flexibility index (Phi) is 1.97. The topological polar surface area (TPSA) is 81.4 Å². The van der Waals surface area contributed by atoms with Crippen LogP contribution in [0.1, 0.15) is 6.42 Å². The molecule has 2 rings (SSSR count). The molecule has 0 unspecified atom stereocenters. The van der Waals surface area contributed by atoms with E-state index < -0.39 is 5.97 Å². The second kappa shape index (κ2) is 3.03. The summed E-state index contributed by atoms with van der Waals surface area (Å²) in [4.78, 5) is 23.2. The van der Waals surface area contributed by atoms with Gasteiger partial charge in [-0.2, -0.15) is 5.26 Å². The summed E-state index contributed by atoms with van der Waals surface area (Å²) in [5, 5.41) is 17.5. The van der Waals surface area contributed by atoms with Crippen LogP contribution in [0.25, 0.3) is 0 Å². The number of carboxylic acid groups (broad SMARTS) is 1. The quantitative estimate of drug-likeness (QED) is 0.623. The molecule has 72 valence electrons. The Morgan fingerprint density at radius 1 is 1.71 bits per heavy atom. The van der Waals surface area contributed by atoms with Gasteiger partial charge >= 0.3 is 5.97 Å². The van der Waals surface area contributed by atoms with Gasteiger partial charge in [0.05, 0.1) is 23.4 Å². The first-order valence-corrected chi connectivity index (χ1v) is 5.00. The number of aliphatic carboxylic acids is 1. The summed E-state index contributed by atoms with van der Waals surface area (Å²) >= 11 is 1.43. The summed E-state index contributed by atoms with van der Waals surface area (Å²) in [6.07, 6.45) is 0.375. The zero-order valence-corrected chi connectivity index (χ0v) is 7.87. The van der Waals surface area contributed by atoms with Crippen molar-refractivity contribution in [1.82, 2.24) is 4.90 Å². The summed E-state index contributed by atoms with van der Waals surface area (Å²) in [7, 11) is 0. The molecule has 2 heterocycles. The number of fused-ring (bicyclic) bond motifs is 1. The van der Waals surface area contributed by atoms with Gasteiger partial charge in [-0.15, -0.1) is 11.8 Å². The average molecular weight is 210 g/mol. The number of nitrogens with zero attached hydrogens (tertiary/aromatic N) is 2. The fourth-order valence-corrected chi connectivity index (χ4v) is 2.69. The van der Waals surface area contributed by atoms with E-state index in [4.69, 9.17) is 10.4 Å². The Bertz CT molecular complexity index is 396. The zero-order valence-electron chi connectivity index (χ0n) is 7.06. The fourth-order valence-electron chi connectivity index (χ4n) is 1.50. The van der Waals surface area contributed by atoms with Gasteiger partial charge in [-0.1, -0.05) is 0 Å². The lowest BCUT2D eigenvalue weighted by Gasteiger charge is -2.42. The molecule has 0 saturated carbocycles. The molecule has 0 bridgehead atoms. The second-order valence-corrected chi connectivity index (χ2v) is 4.14. The maximum absolute atomic E-state index is 11.1. The fraction of sp³-hybridized carbons (Fsp3) is 0.375. The third kappa shape index (κ3) is 1.09. The van der Waals surface area contributed by atoms with E-state index in [2.05, 4.69) is 0 Å². The molecule has 1 fully saturated rings. The van der Waals surface area contributed by atoms with E-state index in [0.717, 1.165) is 0 Å². The first-order valence-electron chi connectivity index (χ1n) is 3.95. The first-order chi connectivity index (χ1) is 6.65. The molecule has 0 aromatic rings. The monoisotopic (exact) mass is 210 g/mol. The summed E-state index contributed by atoms with van der Waals surface area (Å²) in [6.45, 7) is 0.